The highest BCUT2D eigenvalue weighted by Crippen LogP contribution is 2.20. The fourth-order valence-corrected chi connectivity index (χ4v) is 2.47. The molecule has 2 N–H and O–H groups in total. The summed E-state index contributed by atoms with van der Waals surface area (Å²) in [4.78, 5) is 24.0. The molecule has 0 saturated carbocycles. The molecule has 2 rings (SSSR count). The standard InChI is InChI=1S/C21H22ClFN2O3/c1-14(21(27)25-15(2)16-6-4-3-5-7-16)10-11-24-20(26)13-28-17-8-9-18(22)19(23)12-17/h3-9,12,15H,1,10-11,13H2,2H3,(H,24,26)(H,25,27). The monoisotopic (exact) mass is 404 g/mol. The molecule has 1 unspecified atom stereocenters. The van der Waals surface area contributed by atoms with Crippen molar-refractivity contribution in [3.8, 4) is 5.75 Å². The molecule has 7 heteroatoms. The predicted octanol–water partition coefficient (Wildman–Crippen LogP) is 3.80. The lowest BCUT2D eigenvalue weighted by Crippen LogP contribution is -2.32. The number of halogens is 2. The van der Waals surface area contributed by atoms with E-state index in [4.69, 9.17) is 16.3 Å². The van der Waals surface area contributed by atoms with Gasteiger partial charge in [-0.3, -0.25) is 9.59 Å². The third-order valence-corrected chi connectivity index (χ3v) is 4.28. The number of hydrogen-bond donors (Lipinski definition) is 2. The van der Waals surface area contributed by atoms with Crippen molar-refractivity contribution in [2.24, 2.45) is 0 Å². The molecule has 1 atom stereocenters. The quantitative estimate of drug-likeness (QED) is 0.625. The second-order valence-corrected chi connectivity index (χ2v) is 6.58. The summed E-state index contributed by atoms with van der Waals surface area (Å²) in [7, 11) is 0. The van der Waals surface area contributed by atoms with Crippen molar-refractivity contribution in [3.05, 3.63) is 77.1 Å². The zero-order chi connectivity index (χ0) is 20.5. The molecule has 28 heavy (non-hydrogen) atoms. The van der Waals surface area contributed by atoms with Crippen LogP contribution < -0.4 is 15.4 Å². The smallest absolute Gasteiger partial charge is 0.257 e. The Kier molecular flexibility index (Phi) is 8.02. The van der Waals surface area contributed by atoms with Gasteiger partial charge in [0, 0.05) is 18.2 Å². The maximum absolute atomic E-state index is 13.3. The average Bonchev–Trinajstić information content (AvgIpc) is 2.69. The number of amides is 2. The van der Waals surface area contributed by atoms with Gasteiger partial charge in [-0.2, -0.15) is 0 Å². The molecule has 0 bridgehead atoms. The number of carbonyl (C=O) groups is 2. The van der Waals surface area contributed by atoms with Crippen LogP contribution in [-0.4, -0.2) is 25.0 Å². The summed E-state index contributed by atoms with van der Waals surface area (Å²) in [6.45, 7) is 5.62. The maximum Gasteiger partial charge on any atom is 0.257 e. The van der Waals surface area contributed by atoms with E-state index in [1.165, 1.54) is 12.1 Å². The second-order valence-electron chi connectivity index (χ2n) is 6.17. The van der Waals surface area contributed by atoms with Crippen LogP contribution in [-0.2, 0) is 9.59 Å². The first-order valence-corrected chi connectivity index (χ1v) is 9.12. The van der Waals surface area contributed by atoms with Gasteiger partial charge in [0.05, 0.1) is 11.1 Å². The fraction of sp³-hybridized carbons (Fsp3) is 0.238. The Labute approximate surface area is 168 Å². The van der Waals surface area contributed by atoms with Crippen molar-refractivity contribution in [2.45, 2.75) is 19.4 Å². The zero-order valence-electron chi connectivity index (χ0n) is 15.5. The lowest BCUT2D eigenvalue weighted by molar-refractivity contribution is -0.123. The van der Waals surface area contributed by atoms with E-state index in [0.717, 1.165) is 11.6 Å². The molecule has 0 spiro atoms. The van der Waals surface area contributed by atoms with Crippen molar-refractivity contribution >= 4 is 23.4 Å². The number of carbonyl (C=O) groups excluding carboxylic acids is 2. The zero-order valence-corrected chi connectivity index (χ0v) is 16.3. The summed E-state index contributed by atoms with van der Waals surface area (Å²) in [5, 5.41) is 5.48. The van der Waals surface area contributed by atoms with E-state index < -0.39 is 5.82 Å². The van der Waals surface area contributed by atoms with Crippen LogP contribution in [0.5, 0.6) is 5.75 Å². The summed E-state index contributed by atoms with van der Waals surface area (Å²) in [5.41, 5.74) is 1.36. The third-order valence-electron chi connectivity index (χ3n) is 3.98. The molecule has 0 aromatic heterocycles. The van der Waals surface area contributed by atoms with Crippen LogP contribution in [0.4, 0.5) is 4.39 Å². The minimum Gasteiger partial charge on any atom is -0.484 e. The number of nitrogens with one attached hydrogen (secondary N) is 2. The Hall–Kier alpha value is -2.86. The van der Waals surface area contributed by atoms with E-state index in [9.17, 15) is 14.0 Å². The number of benzene rings is 2. The normalized spacial score (nSPS) is 11.4. The molecule has 0 saturated heterocycles. The third kappa shape index (κ3) is 6.70. The Bertz CT molecular complexity index is 843. The minimum atomic E-state index is -0.619. The van der Waals surface area contributed by atoms with Gasteiger partial charge in [0.1, 0.15) is 11.6 Å². The number of ether oxygens (including phenoxy) is 1. The van der Waals surface area contributed by atoms with E-state index >= 15 is 0 Å². The highest BCUT2D eigenvalue weighted by Gasteiger charge is 2.12. The topological polar surface area (TPSA) is 67.4 Å². The largest absolute Gasteiger partial charge is 0.484 e. The van der Waals surface area contributed by atoms with Crippen LogP contribution in [0, 0.1) is 5.82 Å². The Morgan fingerprint density at radius 1 is 1.21 bits per heavy atom. The Morgan fingerprint density at radius 2 is 1.93 bits per heavy atom. The van der Waals surface area contributed by atoms with Crippen LogP contribution in [0.15, 0.2) is 60.7 Å². The molecule has 2 aromatic carbocycles. The SMILES string of the molecule is C=C(CCNC(=O)COc1ccc(Cl)c(F)c1)C(=O)NC(C)c1ccccc1. The molecule has 0 heterocycles. The van der Waals surface area contributed by atoms with E-state index in [1.54, 1.807) is 0 Å². The molecule has 0 aliphatic rings. The highest BCUT2D eigenvalue weighted by atomic mass is 35.5. The first kappa shape index (κ1) is 21.4. The summed E-state index contributed by atoms with van der Waals surface area (Å²) in [6.07, 6.45) is 0.300. The molecule has 5 nitrogen and oxygen atoms in total. The lowest BCUT2D eigenvalue weighted by Gasteiger charge is -2.15. The molecular formula is C21H22ClFN2O3. The summed E-state index contributed by atoms with van der Waals surface area (Å²) in [6, 6.07) is 13.4. The maximum atomic E-state index is 13.3. The molecule has 2 amide bonds. The summed E-state index contributed by atoms with van der Waals surface area (Å²) >= 11 is 5.58. The van der Waals surface area contributed by atoms with Gasteiger partial charge in [-0.15, -0.1) is 0 Å². The van der Waals surface area contributed by atoms with Gasteiger partial charge in [0.25, 0.3) is 5.91 Å². The van der Waals surface area contributed by atoms with E-state index in [0.29, 0.717) is 12.0 Å². The van der Waals surface area contributed by atoms with Gasteiger partial charge in [-0.25, -0.2) is 4.39 Å². The first-order chi connectivity index (χ1) is 13.4. The van der Waals surface area contributed by atoms with Gasteiger partial charge in [0.15, 0.2) is 6.61 Å². The van der Waals surface area contributed by atoms with Gasteiger partial charge in [-0.1, -0.05) is 48.5 Å². The van der Waals surface area contributed by atoms with Crippen molar-refractivity contribution in [1.82, 2.24) is 10.6 Å². The minimum absolute atomic E-state index is 0.0184. The van der Waals surface area contributed by atoms with Gasteiger partial charge in [-0.05, 0) is 31.0 Å². The molecule has 0 aliphatic carbocycles. The first-order valence-electron chi connectivity index (χ1n) is 8.75. The molecular weight excluding hydrogens is 383 g/mol. The van der Waals surface area contributed by atoms with Crippen molar-refractivity contribution in [3.63, 3.8) is 0 Å². The van der Waals surface area contributed by atoms with Crippen LogP contribution >= 0.6 is 11.6 Å². The molecule has 0 fully saturated rings. The second kappa shape index (κ2) is 10.5. The predicted molar refractivity (Wildman–Crippen MR) is 107 cm³/mol. The van der Waals surface area contributed by atoms with Gasteiger partial charge >= 0.3 is 0 Å². The molecule has 0 radical (unpaired) electrons. The Balaban J connectivity index is 1.68. The van der Waals surface area contributed by atoms with Gasteiger partial charge in [0.2, 0.25) is 5.91 Å². The van der Waals surface area contributed by atoms with E-state index in [2.05, 4.69) is 17.2 Å². The van der Waals surface area contributed by atoms with Crippen LogP contribution in [0.3, 0.4) is 0 Å². The van der Waals surface area contributed by atoms with E-state index in [1.807, 2.05) is 37.3 Å². The van der Waals surface area contributed by atoms with Crippen molar-refractivity contribution in [2.75, 3.05) is 13.2 Å². The Morgan fingerprint density at radius 3 is 2.61 bits per heavy atom. The summed E-state index contributed by atoms with van der Waals surface area (Å²) < 4.78 is 18.5. The van der Waals surface area contributed by atoms with E-state index in [-0.39, 0.29) is 41.8 Å². The highest BCUT2D eigenvalue weighted by molar-refractivity contribution is 6.30. The van der Waals surface area contributed by atoms with Crippen LogP contribution in [0.1, 0.15) is 24.9 Å². The fourth-order valence-electron chi connectivity index (χ4n) is 2.36. The molecule has 2 aromatic rings. The molecule has 148 valence electrons. The number of hydrogen-bond acceptors (Lipinski definition) is 3. The van der Waals surface area contributed by atoms with Crippen molar-refractivity contribution in [1.29, 1.82) is 0 Å². The van der Waals surface area contributed by atoms with Crippen molar-refractivity contribution < 1.29 is 18.7 Å². The molecule has 0 aliphatic heterocycles. The lowest BCUT2D eigenvalue weighted by atomic mass is 10.1. The number of rotatable bonds is 9. The van der Waals surface area contributed by atoms with Crippen LogP contribution in [0.25, 0.3) is 0 Å². The van der Waals surface area contributed by atoms with Crippen LogP contribution in [0.2, 0.25) is 5.02 Å². The van der Waals surface area contributed by atoms with Gasteiger partial charge < -0.3 is 15.4 Å². The summed E-state index contributed by atoms with van der Waals surface area (Å²) in [5.74, 6) is -1.07. The average molecular weight is 405 g/mol.